The maximum Gasteiger partial charge on any atom is 0.219 e. The lowest BCUT2D eigenvalue weighted by Crippen LogP contribution is -2.60. The second kappa shape index (κ2) is 4.83. The van der Waals surface area contributed by atoms with Crippen molar-refractivity contribution in [1.29, 1.82) is 0 Å². The molecule has 2 N–H and O–H groups in total. The zero-order valence-electron chi connectivity index (χ0n) is 9.66. The molecule has 0 spiro atoms. The third-order valence-electron chi connectivity index (χ3n) is 2.16. The number of methoxy groups -OCH3 is 1. The quantitative estimate of drug-likeness (QED) is 0.540. The molecule has 0 radical (unpaired) electrons. The molecule has 0 aromatic heterocycles. The van der Waals surface area contributed by atoms with E-state index in [4.69, 9.17) is 4.74 Å². The first-order valence-electron chi connectivity index (χ1n) is 5.00. The van der Waals surface area contributed by atoms with Crippen LogP contribution in [0.1, 0.15) is 20.3 Å². The summed E-state index contributed by atoms with van der Waals surface area (Å²) in [6, 6.07) is 0. The van der Waals surface area contributed by atoms with Gasteiger partial charge in [0.25, 0.3) is 0 Å². The van der Waals surface area contributed by atoms with Crippen LogP contribution in [0, 0.1) is 0 Å². The number of nitrogens with one attached hydrogen (secondary N) is 2. The number of hydrogen-bond acceptors (Lipinski definition) is 3. The van der Waals surface area contributed by atoms with Crippen LogP contribution in [-0.2, 0) is 14.3 Å². The topological polar surface area (TPSA) is 67.4 Å². The zero-order chi connectivity index (χ0) is 12.2. The van der Waals surface area contributed by atoms with Crippen LogP contribution in [0.25, 0.3) is 0 Å². The van der Waals surface area contributed by atoms with Crippen LogP contribution >= 0.6 is 0 Å². The SMILES string of the molecule is COC1=CCC=CC1(NC(C)=O)NC(C)=O. The van der Waals surface area contributed by atoms with Crippen molar-refractivity contribution in [3.8, 4) is 0 Å². The fourth-order valence-corrected chi connectivity index (χ4v) is 1.70. The van der Waals surface area contributed by atoms with Gasteiger partial charge in [-0.1, -0.05) is 6.08 Å². The van der Waals surface area contributed by atoms with E-state index in [1.807, 2.05) is 12.2 Å². The van der Waals surface area contributed by atoms with Gasteiger partial charge in [0.2, 0.25) is 11.8 Å². The lowest BCUT2D eigenvalue weighted by molar-refractivity contribution is -0.123. The Labute approximate surface area is 94.5 Å². The Morgan fingerprint density at radius 3 is 2.31 bits per heavy atom. The van der Waals surface area contributed by atoms with Gasteiger partial charge in [0.15, 0.2) is 5.66 Å². The highest BCUT2D eigenvalue weighted by atomic mass is 16.5. The van der Waals surface area contributed by atoms with Crippen LogP contribution in [0.4, 0.5) is 0 Å². The molecular formula is C11H16N2O3. The van der Waals surface area contributed by atoms with Gasteiger partial charge in [0.1, 0.15) is 5.76 Å². The number of rotatable bonds is 3. The largest absolute Gasteiger partial charge is 0.497 e. The van der Waals surface area contributed by atoms with Crippen LogP contribution in [0.5, 0.6) is 0 Å². The number of amides is 2. The van der Waals surface area contributed by atoms with E-state index < -0.39 is 5.66 Å². The molecule has 0 aliphatic heterocycles. The molecule has 0 saturated carbocycles. The van der Waals surface area contributed by atoms with E-state index in [-0.39, 0.29) is 11.8 Å². The first-order valence-corrected chi connectivity index (χ1v) is 5.00. The molecule has 0 unspecified atom stereocenters. The van der Waals surface area contributed by atoms with E-state index in [0.29, 0.717) is 12.2 Å². The minimum absolute atomic E-state index is 0.247. The number of carbonyl (C=O) groups excluding carboxylic acids is 2. The maximum atomic E-state index is 11.2. The van der Waals surface area contributed by atoms with Crippen molar-refractivity contribution >= 4 is 11.8 Å². The molecule has 88 valence electrons. The van der Waals surface area contributed by atoms with E-state index in [1.54, 1.807) is 6.08 Å². The second-order valence-electron chi connectivity index (χ2n) is 3.58. The summed E-state index contributed by atoms with van der Waals surface area (Å²) in [5.41, 5.74) is -1.05. The van der Waals surface area contributed by atoms with Gasteiger partial charge < -0.3 is 15.4 Å². The van der Waals surface area contributed by atoms with Crippen molar-refractivity contribution in [1.82, 2.24) is 10.6 Å². The predicted molar refractivity (Wildman–Crippen MR) is 59.2 cm³/mol. The Hall–Kier alpha value is -1.78. The van der Waals surface area contributed by atoms with Gasteiger partial charge in [-0.3, -0.25) is 9.59 Å². The minimum Gasteiger partial charge on any atom is -0.497 e. The first kappa shape index (κ1) is 12.3. The van der Waals surface area contributed by atoms with Crippen LogP contribution in [0.2, 0.25) is 0 Å². The van der Waals surface area contributed by atoms with Crippen molar-refractivity contribution in [2.75, 3.05) is 7.11 Å². The van der Waals surface area contributed by atoms with E-state index in [0.717, 1.165) is 0 Å². The molecular weight excluding hydrogens is 208 g/mol. The summed E-state index contributed by atoms with van der Waals surface area (Å²) in [6.45, 7) is 2.78. The van der Waals surface area contributed by atoms with Gasteiger partial charge in [-0.2, -0.15) is 0 Å². The van der Waals surface area contributed by atoms with Crippen molar-refractivity contribution in [3.05, 3.63) is 24.0 Å². The average molecular weight is 224 g/mol. The standard InChI is InChI=1S/C11H16N2O3/c1-8(14)12-11(13-9(2)15)7-5-4-6-10(11)16-3/h5-7H,4H2,1-3H3,(H,12,14)(H,13,15). The Morgan fingerprint density at radius 2 is 1.88 bits per heavy atom. The summed E-state index contributed by atoms with van der Waals surface area (Å²) in [4.78, 5) is 22.4. The molecule has 0 fully saturated rings. The van der Waals surface area contributed by atoms with Crippen LogP contribution in [-0.4, -0.2) is 24.6 Å². The second-order valence-corrected chi connectivity index (χ2v) is 3.58. The van der Waals surface area contributed by atoms with Crippen LogP contribution < -0.4 is 10.6 Å². The van der Waals surface area contributed by atoms with Gasteiger partial charge in [-0.05, 0) is 18.6 Å². The molecule has 0 aromatic rings. The molecule has 0 saturated heterocycles. The molecule has 1 rings (SSSR count). The summed E-state index contributed by atoms with van der Waals surface area (Å²) in [5, 5.41) is 5.35. The number of ether oxygens (including phenoxy) is 1. The van der Waals surface area contributed by atoms with Crippen molar-refractivity contribution in [2.24, 2.45) is 0 Å². The first-order chi connectivity index (χ1) is 7.50. The summed E-state index contributed by atoms with van der Waals surface area (Å²) < 4.78 is 5.19. The summed E-state index contributed by atoms with van der Waals surface area (Å²) in [6.07, 6.45) is 6.10. The van der Waals surface area contributed by atoms with Crippen molar-refractivity contribution < 1.29 is 14.3 Å². The van der Waals surface area contributed by atoms with E-state index in [1.165, 1.54) is 21.0 Å². The molecule has 0 aromatic carbocycles. The fraction of sp³-hybridized carbons (Fsp3) is 0.455. The molecule has 1 aliphatic carbocycles. The van der Waals surface area contributed by atoms with Crippen LogP contribution in [0.15, 0.2) is 24.0 Å². The molecule has 5 heteroatoms. The average Bonchev–Trinajstić information content (AvgIpc) is 2.15. The highest BCUT2D eigenvalue weighted by Gasteiger charge is 2.36. The normalized spacial score (nSPS) is 17.3. The third-order valence-corrected chi connectivity index (χ3v) is 2.16. The Kier molecular flexibility index (Phi) is 3.71. The fourth-order valence-electron chi connectivity index (χ4n) is 1.70. The lowest BCUT2D eigenvalue weighted by Gasteiger charge is -2.34. The van der Waals surface area contributed by atoms with Gasteiger partial charge in [0.05, 0.1) is 7.11 Å². The molecule has 16 heavy (non-hydrogen) atoms. The van der Waals surface area contributed by atoms with Crippen LogP contribution in [0.3, 0.4) is 0 Å². The molecule has 5 nitrogen and oxygen atoms in total. The molecule has 0 heterocycles. The van der Waals surface area contributed by atoms with E-state index in [2.05, 4.69) is 10.6 Å². The summed E-state index contributed by atoms with van der Waals surface area (Å²) in [7, 11) is 1.50. The highest BCUT2D eigenvalue weighted by molar-refractivity contribution is 5.79. The Balaban J connectivity index is 3.04. The third kappa shape index (κ3) is 2.62. The zero-order valence-corrected chi connectivity index (χ0v) is 9.66. The predicted octanol–water partition coefficient (Wildman–Crippen LogP) is 0.445. The molecule has 2 amide bonds. The number of carbonyl (C=O) groups is 2. The Bertz CT molecular complexity index is 342. The maximum absolute atomic E-state index is 11.2. The van der Waals surface area contributed by atoms with Gasteiger partial charge >= 0.3 is 0 Å². The molecule has 0 bridgehead atoms. The monoisotopic (exact) mass is 224 g/mol. The lowest BCUT2D eigenvalue weighted by atomic mass is 10.0. The Morgan fingerprint density at radius 1 is 1.31 bits per heavy atom. The van der Waals surface area contributed by atoms with Crippen molar-refractivity contribution in [3.63, 3.8) is 0 Å². The smallest absolute Gasteiger partial charge is 0.219 e. The summed E-state index contributed by atoms with van der Waals surface area (Å²) in [5.74, 6) is 0.0203. The number of hydrogen-bond donors (Lipinski definition) is 2. The van der Waals surface area contributed by atoms with E-state index >= 15 is 0 Å². The highest BCUT2D eigenvalue weighted by Crippen LogP contribution is 2.22. The summed E-state index contributed by atoms with van der Waals surface area (Å²) >= 11 is 0. The molecule has 0 atom stereocenters. The van der Waals surface area contributed by atoms with Gasteiger partial charge in [-0.25, -0.2) is 0 Å². The van der Waals surface area contributed by atoms with E-state index in [9.17, 15) is 9.59 Å². The molecule has 1 aliphatic rings. The van der Waals surface area contributed by atoms with Gasteiger partial charge in [0, 0.05) is 13.8 Å². The van der Waals surface area contributed by atoms with Gasteiger partial charge in [-0.15, -0.1) is 0 Å². The van der Waals surface area contributed by atoms with Crippen molar-refractivity contribution in [2.45, 2.75) is 25.9 Å². The number of allylic oxidation sites excluding steroid dienone is 2. The minimum atomic E-state index is -1.05.